The van der Waals surface area contributed by atoms with Crippen molar-refractivity contribution < 1.29 is 14.3 Å². The average molecular weight is 502 g/mol. The van der Waals surface area contributed by atoms with Gasteiger partial charge in [0.05, 0.1) is 19.2 Å². The summed E-state index contributed by atoms with van der Waals surface area (Å²) in [7, 11) is 1.64. The Morgan fingerprint density at radius 2 is 1.73 bits per heavy atom. The Labute approximate surface area is 218 Å². The van der Waals surface area contributed by atoms with Crippen LogP contribution in [0, 0.1) is 0 Å². The highest BCUT2D eigenvalue weighted by atomic mass is 16.5. The summed E-state index contributed by atoms with van der Waals surface area (Å²) in [5.74, 6) is 1.54. The third-order valence-electron chi connectivity index (χ3n) is 6.92. The molecule has 0 saturated carbocycles. The number of hydrogen-bond acceptors (Lipinski definition) is 6. The maximum Gasteiger partial charge on any atom is 0.242 e. The van der Waals surface area contributed by atoms with Crippen molar-refractivity contribution in [3.8, 4) is 17.0 Å². The summed E-state index contributed by atoms with van der Waals surface area (Å²) in [5, 5.41) is 8.83. The van der Waals surface area contributed by atoms with Crippen LogP contribution >= 0.6 is 0 Å². The lowest BCUT2D eigenvalue weighted by Gasteiger charge is -2.37. The van der Waals surface area contributed by atoms with Gasteiger partial charge < -0.3 is 19.4 Å². The molecule has 0 N–H and O–H groups in total. The Balaban J connectivity index is 1.33. The molecule has 0 aliphatic carbocycles. The second-order valence-corrected chi connectivity index (χ2v) is 9.32. The molecule has 194 valence electrons. The van der Waals surface area contributed by atoms with Gasteiger partial charge in [-0.3, -0.25) is 9.59 Å². The molecule has 37 heavy (non-hydrogen) atoms. The quantitative estimate of drug-likeness (QED) is 0.445. The zero-order valence-electron chi connectivity index (χ0n) is 21.8. The maximum absolute atomic E-state index is 13.2. The fourth-order valence-electron chi connectivity index (χ4n) is 4.44. The zero-order valence-corrected chi connectivity index (χ0v) is 21.8. The number of carbonyl (C=O) groups is 2. The van der Waals surface area contributed by atoms with Gasteiger partial charge in [0.15, 0.2) is 5.82 Å². The van der Waals surface area contributed by atoms with Crippen molar-refractivity contribution in [1.29, 1.82) is 0 Å². The number of hydrogen-bond donors (Lipinski definition) is 0. The maximum atomic E-state index is 13.2. The van der Waals surface area contributed by atoms with Crippen LogP contribution in [0.5, 0.6) is 5.75 Å². The van der Waals surface area contributed by atoms with E-state index in [1.54, 1.807) is 12.0 Å². The van der Waals surface area contributed by atoms with Crippen molar-refractivity contribution in [2.45, 2.75) is 32.7 Å². The van der Waals surface area contributed by atoms with Gasteiger partial charge in [0.25, 0.3) is 0 Å². The summed E-state index contributed by atoms with van der Waals surface area (Å²) in [6.07, 6.45) is 1.10. The van der Waals surface area contributed by atoms with Gasteiger partial charge in [-0.25, -0.2) is 0 Å². The normalized spacial score (nSPS) is 14.2. The van der Waals surface area contributed by atoms with Gasteiger partial charge in [0.1, 0.15) is 12.3 Å². The molecule has 4 rings (SSSR count). The summed E-state index contributed by atoms with van der Waals surface area (Å²) in [6.45, 7) is 6.65. The van der Waals surface area contributed by atoms with Crippen LogP contribution in [-0.2, 0) is 16.0 Å². The average Bonchev–Trinajstić information content (AvgIpc) is 2.96. The lowest BCUT2D eigenvalue weighted by atomic mass is 10.1. The summed E-state index contributed by atoms with van der Waals surface area (Å²) in [6, 6.07) is 21.3. The van der Waals surface area contributed by atoms with E-state index in [-0.39, 0.29) is 24.4 Å². The molecule has 1 unspecified atom stereocenters. The number of anilines is 1. The Morgan fingerprint density at radius 1 is 0.973 bits per heavy atom. The van der Waals surface area contributed by atoms with E-state index in [4.69, 9.17) is 4.74 Å². The molecule has 3 aromatic rings. The number of methoxy groups -OCH3 is 1. The molecule has 0 bridgehead atoms. The molecule has 1 aliphatic heterocycles. The highest BCUT2D eigenvalue weighted by molar-refractivity contribution is 5.86. The largest absolute Gasteiger partial charge is 0.497 e. The lowest BCUT2D eigenvalue weighted by Crippen LogP contribution is -2.53. The number of benzene rings is 2. The lowest BCUT2D eigenvalue weighted by molar-refractivity contribution is -0.142. The molecule has 2 heterocycles. The van der Waals surface area contributed by atoms with E-state index in [1.807, 2.05) is 85.5 Å². The molecule has 2 aromatic carbocycles. The number of ether oxygens (including phenoxy) is 1. The van der Waals surface area contributed by atoms with Crippen molar-refractivity contribution in [3.63, 3.8) is 0 Å². The van der Waals surface area contributed by atoms with Crippen LogP contribution in [0.2, 0.25) is 0 Å². The highest BCUT2D eigenvalue weighted by Crippen LogP contribution is 2.23. The minimum Gasteiger partial charge on any atom is -0.497 e. The fraction of sp³-hybridized carbons (Fsp3) is 0.379. The summed E-state index contributed by atoms with van der Waals surface area (Å²) < 4.78 is 5.30. The summed E-state index contributed by atoms with van der Waals surface area (Å²) >= 11 is 0. The van der Waals surface area contributed by atoms with Gasteiger partial charge in [0.2, 0.25) is 11.8 Å². The van der Waals surface area contributed by atoms with E-state index in [1.165, 1.54) is 0 Å². The molecule has 1 atom stereocenters. The third kappa shape index (κ3) is 6.64. The smallest absolute Gasteiger partial charge is 0.242 e. The van der Waals surface area contributed by atoms with E-state index >= 15 is 0 Å². The monoisotopic (exact) mass is 501 g/mol. The number of nitrogens with zero attached hydrogens (tertiary/aromatic N) is 5. The molecule has 1 aromatic heterocycles. The van der Waals surface area contributed by atoms with Crippen LogP contribution in [0.25, 0.3) is 11.3 Å². The van der Waals surface area contributed by atoms with Gasteiger partial charge in [0, 0.05) is 37.8 Å². The van der Waals surface area contributed by atoms with Crippen molar-refractivity contribution in [3.05, 3.63) is 72.3 Å². The van der Waals surface area contributed by atoms with E-state index in [0.717, 1.165) is 34.8 Å². The first-order valence-electron chi connectivity index (χ1n) is 12.8. The Kier molecular flexibility index (Phi) is 8.72. The Bertz CT molecular complexity index is 1180. The van der Waals surface area contributed by atoms with Crippen molar-refractivity contribution in [2.75, 3.05) is 44.7 Å². The van der Waals surface area contributed by atoms with Crippen LogP contribution < -0.4 is 9.64 Å². The molecule has 0 spiro atoms. The zero-order chi connectivity index (χ0) is 26.2. The molecule has 2 amide bonds. The van der Waals surface area contributed by atoms with E-state index in [2.05, 4.69) is 15.1 Å². The van der Waals surface area contributed by atoms with Crippen LogP contribution in [0.3, 0.4) is 0 Å². The van der Waals surface area contributed by atoms with E-state index < -0.39 is 0 Å². The number of piperazine rings is 1. The van der Waals surface area contributed by atoms with Crippen LogP contribution in [0.15, 0.2) is 66.7 Å². The Hall–Kier alpha value is -3.94. The predicted octanol–water partition coefficient (Wildman–Crippen LogP) is 3.67. The molecule has 0 radical (unpaired) electrons. The molecule has 8 heteroatoms. The number of aromatic nitrogens is 2. The van der Waals surface area contributed by atoms with Crippen molar-refractivity contribution >= 4 is 17.6 Å². The molecule has 1 fully saturated rings. The number of amides is 2. The number of carbonyl (C=O) groups excluding carboxylic acids is 2. The van der Waals surface area contributed by atoms with Gasteiger partial charge in [-0.15, -0.1) is 10.2 Å². The second-order valence-electron chi connectivity index (χ2n) is 9.32. The van der Waals surface area contributed by atoms with Gasteiger partial charge in [-0.2, -0.15) is 0 Å². The first-order valence-corrected chi connectivity index (χ1v) is 12.8. The van der Waals surface area contributed by atoms with E-state index in [0.29, 0.717) is 32.6 Å². The van der Waals surface area contributed by atoms with E-state index in [9.17, 15) is 9.59 Å². The molecular formula is C29H35N5O3. The SMILES string of the molecule is CCC(C)N(CC(=O)N1CCN(c2ccc(-c3cccc(OC)c3)nn2)CC1)C(=O)Cc1ccccc1. The van der Waals surface area contributed by atoms with Gasteiger partial charge >= 0.3 is 0 Å². The van der Waals surface area contributed by atoms with Crippen molar-refractivity contribution in [1.82, 2.24) is 20.0 Å². The second kappa shape index (κ2) is 12.3. The molecule has 1 aliphatic rings. The fourth-order valence-corrected chi connectivity index (χ4v) is 4.44. The van der Waals surface area contributed by atoms with Crippen molar-refractivity contribution in [2.24, 2.45) is 0 Å². The summed E-state index contributed by atoms with van der Waals surface area (Å²) in [5.41, 5.74) is 2.68. The summed E-state index contributed by atoms with van der Waals surface area (Å²) in [4.78, 5) is 31.9. The molecule has 8 nitrogen and oxygen atoms in total. The topological polar surface area (TPSA) is 78.9 Å². The minimum atomic E-state index is -0.0149. The Morgan fingerprint density at radius 3 is 2.38 bits per heavy atom. The van der Waals surface area contributed by atoms with Crippen LogP contribution in [0.4, 0.5) is 5.82 Å². The first-order chi connectivity index (χ1) is 18.0. The number of rotatable bonds is 9. The minimum absolute atomic E-state index is 0.000164. The predicted molar refractivity (Wildman–Crippen MR) is 144 cm³/mol. The van der Waals surface area contributed by atoms with Crippen LogP contribution in [0.1, 0.15) is 25.8 Å². The third-order valence-corrected chi connectivity index (χ3v) is 6.92. The molecule has 1 saturated heterocycles. The van der Waals surface area contributed by atoms with Gasteiger partial charge in [-0.1, -0.05) is 49.4 Å². The first kappa shape index (κ1) is 26.1. The molecular weight excluding hydrogens is 466 g/mol. The van der Waals surface area contributed by atoms with Gasteiger partial charge in [-0.05, 0) is 43.2 Å². The van der Waals surface area contributed by atoms with Crippen LogP contribution in [-0.4, -0.2) is 77.7 Å². The highest BCUT2D eigenvalue weighted by Gasteiger charge is 2.27. The standard InChI is InChI=1S/C29H35N5O3/c1-4-22(2)34(28(35)19-23-9-6-5-7-10-23)21-29(36)33-17-15-32(16-18-33)27-14-13-26(30-31-27)24-11-8-12-25(20-24)37-3/h5-14,20,22H,4,15-19,21H2,1-3H3.